The Morgan fingerprint density at radius 1 is 1.33 bits per heavy atom. The third kappa shape index (κ3) is 2.57. The van der Waals surface area contributed by atoms with Gasteiger partial charge in [-0.25, -0.2) is 4.98 Å². The molecule has 0 radical (unpaired) electrons. The maximum Gasteiger partial charge on any atom is 0.184 e. The number of ether oxygens (including phenoxy) is 1. The minimum absolute atomic E-state index is 0.591. The summed E-state index contributed by atoms with van der Waals surface area (Å²) in [6.07, 6.45) is 2.48. The largest absolute Gasteiger partial charge is 0.497 e. The molecule has 96 valence electrons. The average molecular weight is 280 g/mol. The summed E-state index contributed by atoms with van der Waals surface area (Å²) in [5.41, 5.74) is 1.05. The number of thioether (sulfide) groups is 1. The molecule has 1 aliphatic rings. The zero-order valence-electron chi connectivity index (χ0n) is 10.3. The van der Waals surface area contributed by atoms with E-state index in [0.29, 0.717) is 6.04 Å². The Labute approximate surface area is 115 Å². The highest BCUT2D eigenvalue weighted by atomic mass is 32.2. The number of hydrogen-bond acceptors (Lipinski definition) is 5. The summed E-state index contributed by atoms with van der Waals surface area (Å²) >= 11 is 3.76. The van der Waals surface area contributed by atoms with Crippen LogP contribution in [0.3, 0.4) is 0 Å². The monoisotopic (exact) mass is 280 g/mol. The molecule has 18 heavy (non-hydrogen) atoms. The molecule has 3 rings (SSSR count). The molecule has 0 spiro atoms. The molecule has 1 N–H and O–H groups in total. The van der Waals surface area contributed by atoms with E-state index in [1.54, 1.807) is 18.4 Å². The van der Waals surface area contributed by atoms with E-state index in [2.05, 4.69) is 16.4 Å². The number of fused-ring (bicyclic) bond motifs is 1. The first-order chi connectivity index (χ1) is 8.85. The quantitative estimate of drug-likeness (QED) is 0.931. The minimum atomic E-state index is 0.591. The second-order valence-corrected chi connectivity index (χ2v) is 6.64. The normalized spacial score (nSPS) is 16.9. The number of nitrogens with one attached hydrogen (secondary N) is 1. The highest BCUT2D eigenvalue weighted by molar-refractivity contribution is 7.99. The van der Waals surface area contributed by atoms with Crippen molar-refractivity contribution in [3.8, 4) is 5.75 Å². The van der Waals surface area contributed by atoms with E-state index in [9.17, 15) is 0 Å². The fraction of sp³-hybridized carbons (Fsp3) is 0.462. The molecule has 5 heteroatoms. The van der Waals surface area contributed by atoms with Crippen molar-refractivity contribution in [2.45, 2.75) is 18.9 Å². The summed E-state index contributed by atoms with van der Waals surface area (Å²) in [5.74, 6) is 3.42. The van der Waals surface area contributed by atoms with Crippen molar-refractivity contribution >= 4 is 38.4 Å². The summed E-state index contributed by atoms with van der Waals surface area (Å²) in [6.45, 7) is 0. The third-order valence-corrected chi connectivity index (χ3v) is 5.14. The number of benzene rings is 1. The number of anilines is 1. The Kier molecular flexibility index (Phi) is 3.61. The van der Waals surface area contributed by atoms with E-state index < -0.39 is 0 Å². The molecule has 2 aromatic rings. The first-order valence-corrected chi connectivity index (χ1v) is 8.11. The van der Waals surface area contributed by atoms with Crippen LogP contribution in [-0.4, -0.2) is 29.6 Å². The molecule has 0 aliphatic carbocycles. The summed E-state index contributed by atoms with van der Waals surface area (Å²) in [7, 11) is 1.70. The van der Waals surface area contributed by atoms with Crippen LogP contribution < -0.4 is 10.1 Å². The first-order valence-electron chi connectivity index (χ1n) is 6.14. The summed E-state index contributed by atoms with van der Waals surface area (Å²) in [5, 5.41) is 4.60. The van der Waals surface area contributed by atoms with E-state index in [-0.39, 0.29) is 0 Å². The predicted molar refractivity (Wildman–Crippen MR) is 80.1 cm³/mol. The predicted octanol–water partition coefficient (Wildman–Crippen LogP) is 3.61. The van der Waals surface area contributed by atoms with Gasteiger partial charge in [0.25, 0.3) is 0 Å². The molecular weight excluding hydrogens is 264 g/mol. The van der Waals surface area contributed by atoms with Gasteiger partial charge in [-0.3, -0.25) is 0 Å². The number of nitrogens with zero attached hydrogens (tertiary/aromatic N) is 1. The average Bonchev–Trinajstić information content (AvgIpc) is 2.80. The molecule has 1 aromatic heterocycles. The molecule has 3 nitrogen and oxygen atoms in total. The van der Waals surface area contributed by atoms with Crippen molar-refractivity contribution in [3.63, 3.8) is 0 Å². The lowest BCUT2D eigenvalue weighted by molar-refractivity contribution is 0.415. The second-order valence-electron chi connectivity index (χ2n) is 4.38. The molecule has 0 saturated carbocycles. The number of thiazole rings is 1. The van der Waals surface area contributed by atoms with Crippen molar-refractivity contribution in [3.05, 3.63) is 18.2 Å². The van der Waals surface area contributed by atoms with Gasteiger partial charge >= 0.3 is 0 Å². The lowest BCUT2D eigenvalue weighted by Gasteiger charge is -2.21. The molecule has 1 aromatic carbocycles. The highest BCUT2D eigenvalue weighted by Gasteiger charge is 2.15. The van der Waals surface area contributed by atoms with Crippen molar-refractivity contribution < 1.29 is 4.74 Å². The Morgan fingerprint density at radius 3 is 2.94 bits per heavy atom. The van der Waals surface area contributed by atoms with Crippen LogP contribution in [0.15, 0.2) is 18.2 Å². The van der Waals surface area contributed by atoms with Gasteiger partial charge in [0.15, 0.2) is 5.13 Å². The van der Waals surface area contributed by atoms with E-state index in [1.807, 2.05) is 23.9 Å². The fourth-order valence-corrected chi connectivity index (χ4v) is 4.19. The van der Waals surface area contributed by atoms with E-state index in [4.69, 9.17) is 4.74 Å². The fourth-order valence-electron chi connectivity index (χ4n) is 2.11. The standard InChI is InChI=1S/C13H16N2OS2/c1-16-10-2-3-11-12(8-10)18-13(15-11)14-9-4-6-17-7-5-9/h2-3,8-9H,4-7H2,1H3,(H,14,15). The van der Waals surface area contributed by atoms with Gasteiger partial charge in [-0.1, -0.05) is 11.3 Å². The van der Waals surface area contributed by atoms with Gasteiger partial charge < -0.3 is 10.1 Å². The molecule has 0 atom stereocenters. The number of aromatic nitrogens is 1. The Balaban J connectivity index is 1.79. The summed E-state index contributed by atoms with van der Waals surface area (Å²) < 4.78 is 6.42. The number of methoxy groups -OCH3 is 1. The third-order valence-electron chi connectivity index (χ3n) is 3.14. The van der Waals surface area contributed by atoms with Gasteiger partial charge in [0.2, 0.25) is 0 Å². The van der Waals surface area contributed by atoms with Crippen LogP contribution in [0.25, 0.3) is 10.2 Å². The highest BCUT2D eigenvalue weighted by Crippen LogP contribution is 2.30. The van der Waals surface area contributed by atoms with Crippen LogP contribution in [0.2, 0.25) is 0 Å². The van der Waals surface area contributed by atoms with Crippen molar-refractivity contribution in [1.82, 2.24) is 4.98 Å². The lowest BCUT2D eigenvalue weighted by Crippen LogP contribution is -2.24. The summed E-state index contributed by atoms with van der Waals surface area (Å²) in [4.78, 5) is 4.63. The van der Waals surface area contributed by atoms with Crippen molar-refractivity contribution in [1.29, 1.82) is 0 Å². The van der Waals surface area contributed by atoms with Crippen molar-refractivity contribution in [2.24, 2.45) is 0 Å². The van der Waals surface area contributed by atoms with Crippen LogP contribution >= 0.6 is 23.1 Å². The second kappa shape index (κ2) is 5.36. The van der Waals surface area contributed by atoms with Crippen LogP contribution in [-0.2, 0) is 0 Å². The number of hydrogen-bond donors (Lipinski definition) is 1. The maximum absolute atomic E-state index is 5.24. The number of rotatable bonds is 3. The molecule has 1 aliphatic heterocycles. The smallest absolute Gasteiger partial charge is 0.184 e. The molecule has 0 amide bonds. The van der Waals surface area contributed by atoms with Gasteiger partial charge in [0.1, 0.15) is 5.75 Å². The molecule has 1 fully saturated rings. The van der Waals surface area contributed by atoms with Gasteiger partial charge in [-0.05, 0) is 42.5 Å². The zero-order valence-corrected chi connectivity index (χ0v) is 11.9. The topological polar surface area (TPSA) is 34.1 Å². The molecule has 2 heterocycles. The minimum Gasteiger partial charge on any atom is -0.497 e. The van der Waals surface area contributed by atoms with Gasteiger partial charge in [-0.2, -0.15) is 11.8 Å². The van der Waals surface area contributed by atoms with Crippen LogP contribution in [0.1, 0.15) is 12.8 Å². The lowest BCUT2D eigenvalue weighted by atomic mass is 10.2. The molecule has 1 saturated heterocycles. The van der Waals surface area contributed by atoms with Gasteiger partial charge in [0.05, 0.1) is 17.3 Å². The van der Waals surface area contributed by atoms with E-state index in [0.717, 1.165) is 16.4 Å². The van der Waals surface area contributed by atoms with Gasteiger partial charge in [0, 0.05) is 6.04 Å². The van der Waals surface area contributed by atoms with Crippen LogP contribution in [0, 0.1) is 0 Å². The van der Waals surface area contributed by atoms with Crippen LogP contribution in [0.5, 0.6) is 5.75 Å². The Hall–Kier alpha value is -0.940. The van der Waals surface area contributed by atoms with Gasteiger partial charge in [-0.15, -0.1) is 0 Å². The Morgan fingerprint density at radius 2 is 2.17 bits per heavy atom. The Bertz CT molecular complexity index is 535. The van der Waals surface area contributed by atoms with E-state index in [1.165, 1.54) is 29.0 Å². The zero-order chi connectivity index (χ0) is 12.4. The van der Waals surface area contributed by atoms with Crippen molar-refractivity contribution in [2.75, 3.05) is 23.9 Å². The van der Waals surface area contributed by atoms with E-state index >= 15 is 0 Å². The molecule has 0 bridgehead atoms. The SMILES string of the molecule is COc1ccc2nc(NC3CCSCC3)sc2c1. The summed E-state index contributed by atoms with van der Waals surface area (Å²) in [6, 6.07) is 6.62. The maximum atomic E-state index is 5.24. The molecular formula is C13H16N2OS2. The van der Waals surface area contributed by atoms with Crippen LogP contribution in [0.4, 0.5) is 5.13 Å². The first kappa shape index (κ1) is 12.1. The molecule has 0 unspecified atom stereocenters.